The van der Waals surface area contributed by atoms with Crippen molar-refractivity contribution in [1.82, 2.24) is 4.90 Å². The van der Waals surface area contributed by atoms with Gasteiger partial charge in [0.1, 0.15) is 0 Å². The Balaban J connectivity index is 1.95. The standard InChI is InChI=1S/C6H7NOS/c8-5-2-6-7(5)3-1-4(3)9-6/h3-4,6H,1-2H2/t3?,4?,6-/m0/s1. The maximum absolute atomic E-state index is 10.9. The summed E-state index contributed by atoms with van der Waals surface area (Å²) in [5, 5.41) is 1.43. The molecule has 3 fully saturated rings. The Morgan fingerprint density at radius 1 is 1.67 bits per heavy atom. The lowest BCUT2D eigenvalue weighted by Gasteiger charge is -2.35. The molecular formula is C6H7NOS. The summed E-state index contributed by atoms with van der Waals surface area (Å²) in [4.78, 5) is 12.9. The average Bonchev–Trinajstić information content (AvgIpc) is 2.42. The van der Waals surface area contributed by atoms with Gasteiger partial charge in [-0.2, -0.15) is 0 Å². The van der Waals surface area contributed by atoms with Crippen LogP contribution in [0.5, 0.6) is 0 Å². The molecule has 0 spiro atoms. The van der Waals surface area contributed by atoms with Crippen LogP contribution in [-0.2, 0) is 4.79 Å². The minimum Gasteiger partial charge on any atom is -0.326 e. The van der Waals surface area contributed by atoms with Crippen LogP contribution in [0.2, 0.25) is 0 Å². The molecule has 1 aliphatic carbocycles. The van der Waals surface area contributed by atoms with Gasteiger partial charge in [0.2, 0.25) is 5.91 Å². The van der Waals surface area contributed by atoms with Crippen LogP contribution in [0.3, 0.4) is 0 Å². The van der Waals surface area contributed by atoms with E-state index >= 15 is 0 Å². The lowest BCUT2D eigenvalue weighted by molar-refractivity contribution is -0.141. The van der Waals surface area contributed by atoms with E-state index < -0.39 is 0 Å². The molecule has 0 N–H and O–H groups in total. The molecular weight excluding hydrogens is 134 g/mol. The first-order chi connectivity index (χ1) is 4.36. The summed E-state index contributed by atoms with van der Waals surface area (Å²) in [6, 6.07) is 0.668. The average molecular weight is 141 g/mol. The molecule has 48 valence electrons. The summed E-state index contributed by atoms with van der Waals surface area (Å²) in [6.07, 6.45) is 2.09. The molecule has 0 radical (unpaired) electrons. The Hall–Kier alpha value is -0.180. The number of nitrogens with zero attached hydrogens (tertiary/aromatic N) is 1. The minimum atomic E-state index is 0.387. The van der Waals surface area contributed by atoms with Gasteiger partial charge in [-0.15, -0.1) is 11.8 Å². The molecule has 2 nitrogen and oxygen atoms in total. The Morgan fingerprint density at radius 3 is 3.11 bits per heavy atom. The fourth-order valence-electron chi connectivity index (χ4n) is 1.71. The second-order valence-electron chi connectivity index (χ2n) is 2.94. The first-order valence-electron chi connectivity index (χ1n) is 3.33. The monoisotopic (exact) mass is 141 g/mol. The second-order valence-corrected chi connectivity index (χ2v) is 4.36. The summed E-state index contributed by atoms with van der Waals surface area (Å²) in [6.45, 7) is 0. The Bertz CT molecular complexity index is 191. The van der Waals surface area contributed by atoms with Crippen LogP contribution in [0.15, 0.2) is 0 Å². The molecule has 3 heteroatoms. The van der Waals surface area contributed by atoms with E-state index in [1.165, 1.54) is 6.42 Å². The maximum atomic E-state index is 10.9. The van der Waals surface area contributed by atoms with Crippen LogP contribution in [0.1, 0.15) is 12.8 Å². The molecule has 0 bridgehead atoms. The van der Waals surface area contributed by atoms with Crippen molar-refractivity contribution in [3.63, 3.8) is 0 Å². The molecule has 2 aliphatic heterocycles. The highest BCUT2D eigenvalue weighted by atomic mass is 32.2. The molecule has 9 heavy (non-hydrogen) atoms. The Kier molecular flexibility index (Phi) is 0.586. The Morgan fingerprint density at radius 2 is 2.56 bits per heavy atom. The molecule has 3 aliphatic rings. The third-order valence-corrected chi connectivity index (χ3v) is 3.90. The van der Waals surface area contributed by atoms with Gasteiger partial charge in [-0.05, 0) is 6.42 Å². The highest BCUT2D eigenvalue weighted by Crippen LogP contribution is 2.55. The topological polar surface area (TPSA) is 20.3 Å². The highest BCUT2D eigenvalue weighted by Gasteiger charge is 2.59. The third-order valence-electron chi connectivity index (χ3n) is 2.34. The highest BCUT2D eigenvalue weighted by molar-refractivity contribution is 8.01. The predicted octanol–water partition coefficient (Wildman–Crippen LogP) is 0.432. The number of rotatable bonds is 0. The van der Waals surface area contributed by atoms with Gasteiger partial charge in [-0.25, -0.2) is 0 Å². The van der Waals surface area contributed by atoms with Crippen molar-refractivity contribution in [2.75, 3.05) is 0 Å². The first-order valence-corrected chi connectivity index (χ1v) is 4.27. The van der Waals surface area contributed by atoms with Crippen LogP contribution in [0.4, 0.5) is 0 Å². The number of hydrogen-bond donors (Lipinski definition) is 0. The summed E-state index contributed by atoms with van der Waals surface area (Å²) in [5.41, 5.74) is 0. The zero-order chi connectivity index (χ0) is 6.01. The van der Waals surface area contributed by atoms with Gasteiger partial charge in [0.25, 0.3) is 0 Å². The van der Waals surface area contributed by atoms with Gasteiger partial charge in [0.15, 0.2) is 0 Å². The largest absolute Gasteiger partial charge is 0.326 e. The van der Waals surface area contributed by atoms with E-state index in [-0.39, 0.29) is 0 Å². The fraction of sp³-hybridized carbons (Fsp3) is 0.833. The van der Waals surface area contributed by atoms with Crippen molar-refractivity contribution in [1.29, 1.82) is 0 Å². The van der Waals surface area contributed by atoms with Crippen molar-refractivity contribution < 1.29 is 4.79 Å². The molecule has 3 atom stereocenters. The number of amides is 1. The second kappa shape index (κ2) is 1.15. The van der Waals surface area contributed by atoms with E-state index in [1.54, 1.807) is 0 Å². The van der Waals surface area contributed by atoms with Crippen LogP contribution < -0.4 is 0 Å². The molecule has 0 aromatic carbocycles. The van der Waals surface area contributed by atoms with Gasteiger partial charge in [0, 0.05) is 11.3 Å². The zero-order valence-electron chi connectivity index (χ0n) is 4.91. The van der Waals surface area contributed by atoms with Gasteiger partial charge < -0.3 is 4.90 Å². The molecule has 2 saturated heterocycles. The van der Waals surface area contributed by atoms with E-state index in [1.807, 2.05) is 11.8 Å². The van der Waals surface area contributed by atoms with Gasteiger partial charge in [0.05, 0.1) is 11.8 Å². The fourth-order valence-corrected chi connectivity index (χ4v) is 3.38. The van der Waals surface area contributed by atoms with Crippen molar-refractivity contribution in [2.24, 2.45) is 0 Å². The molecule has 2 heterocycles. The number of thioether (sulfide) groups is 1. The zero-order valence-corrected chi connectivity index (χ0v) is 5.73. The number of hydrogen-bond acceptors (Lipinski definition) is 2. The van der Waals surface area contributed by atoms with E-state index in [0.29, 0.717) is 17.3 Å². The quantitative estimate of drug-likeness (QED) is 0.456. The minimum absolute atomic E-state index is 0.387. The van der Waals surface area contributed by atoms with Gasteiger partial charge in [-0.1, -0.05) is 0 Å². The van der Waals surface area contributed by atoms with Gasteiger partial charge >= 0.3 is 0 Å². The van der Waals surface area contributed by atoms with Crippen molar-refractivity contribution >= 4 is 17.7 Å². The first kappa shape index (κ1) is 4.61. The molecule has 0 aromatic heterocycles. The lowest BCUT2D eigenvalue weighted by Crippen LogP contribution is -2.49. The third kappa shape index (κ3) is 0.397. The predicted molar refractivity (Wildman–Crippen MR) is 35.0 cm³/mol. The molecule has 3 rings (SSSR count). The summed E-state index contributed by atoms with van der Waals surface area (Å²) in [5.74, 6) is 0.387. The number of carbonyl (C=O) groups is 1. The van der Waals surface area contributed by atoms with Crippen LogP contribution >= 0.6 is 11.8 Å². The number of fused-ring (bicyclic) bond motifs is 3. The molecule has 0 aromatic rings. The smallest absolute Gasteiger partial charge is 0.226 e. The SMILES string of the molecule is O=C1C[C@@H]2SC3CC3N12. The molecule has 1 amide bonds. The number of β-lactam (4-membered cyclic amide) rings is 1. The van der Waals surface area contributed by atoms with Gasteiger partial charge in [-0.3, -0.25) is 4.79 Å². The normalized spacial score (nSPS) is 52.2. The summed E-state index contributed by atoms with van der Waals surface area (Å²) >= 11 is 2.00. The van der Waals surface area contributed by atoms with E-state index in [2.05, 4.69) is 4.90 Å². The summed E-state index contributed by atoms with van der Waals surface area (Å²) in [7, 11) is 0. The lowest BCUT2D eigenvalue weighted by atomic mass is 10.2. The van der Waals surface area contributed by atoms with Crippen molar-refractivity contribution in [3.05, 3.63) is 0 Å². The number of carbonyl (C=O) groups excluding carboxylic acids is 1. The Labute approximate surface area is 57.6 Å². The van der Waals surface area contributed by atoms with E-state index in [0.717, 1.165) is 11.7 Å². The summed E-state index contributed by atoms with van der Waals surface area (Å²) < 4.78 is 0. The van der Waals surface area contributed by atoms with Crippen molar-refractivity contribution in [3.8, 4) is 0 Å². The van der Waals surface area contributed by atoms with Crippen LogP contribution in [0.25, 0.3) is 0 Å². The van der Waals surface area contributed by atoms with E-state index in [4.69, 9.17) is 0 Å². The van der Waals surface area contributed by atoms with E-state index in [9.17, 15) is 4.79 Å². The van der Waals surface area contributed by atoms with Crippen LogP contribution in [-0.4, -0.2) is 27.5 Å². The van der Waals surface area contributed by atoms with Crippen molar-refractivity contribution in [2.45, 2.75) is 29.5 Å². The molecule has 2 unspecified atom stereocenters. The maximum Gasteiger partial charge on any atom is 0.226 e. The molecule has 1 saturated carbocycles. The van der Waals surface area contributed by atoms with Crippen LogP contribution in [0, 0.1) is 0 Å².